The quantitative estimate of drug-likeness (QED) is 0.510. The first kappa shape index (κ1) is 18.7. The topological polar surface area (TPSA) is 85.1 Å². The summed E-state index contributed by atoms with van der Waals surface area (Å²) in [6.07, 6.45) is 0.531. The average molecular weight is 385 g/mol. The van der Waals surface area contributed by atoms with Crippen LogP contribution in [0, 0.1) is 22.9 Å². The molecule has 0 fully saturated rings. The lowest BCUT2D eigenvalue weighted by atomic mass is 10.1. The summed E-state index contributed by atoms with van der Waals surface area (Å²) in [5.41, 5.74) is 2.32. The molecule has 0 saturated carbocycles. The van der Waals surface area contributed by atoms with Gasteiger partial charge in [-0.25, -0.2) is 9.37 Å². The smallest absolute Gasteiger partial charge is 0.272 e. The summed E-state index contributed by atoms with van der Waals surface area (Å²) in [6.45, 7) is 1.97. The van der Waals surface area contributed by atoms with Crippen LogP contribution in [0.1, 0.15) is 21.6 Å². The average Bonchev–Trinajstić information content (AvgIpc) is 3.10. The zero-order chi connectivity index (χ0) is 19.4. The second-order valence-corrected chi connectivity index (χ2v) is 6.78. The van der Waals surface area contributed by atoms with Gasteiger partial charge in [0.1, 0.15) is 10.8 Å². The van der Waals surface area contributed by atoms with Crippen molar-refractivity contribution >= 4 is 22.9 Å². The molecule has 1 amide bonds. The number of carbonyl (C=O) groups excluding carboxylic acids is 1. The number of nitrogens with one attached hydrogen (secondary N) is 1. The zero-order valence-electron chi connectivity index (χ0n) is 14.4. The van der Waals surface area contributed by atoms with E-state index in [1.54, 1.807) is 19.1 Å². The van der Waals surface area contributed by atoms with E-state index in [0.29, 0.717) is 24.1 Å². The van der Waals surface area contributed by atoms with Crippen LogP contribution in [0.4, 0.5) is 10.1 Å². The third kappa shape index (κ3) is 4.53. The second-order valence-electron chi connectivity index (χ2n) is 5.92. The van der Waals surface area contributed by atoms with Crippen molar-refractivity contribution in [2.45, 2.75) is 13.3 Å². The summed E-state index contributed by atoms with van der Waals surface area (Å²) in [6, 6.07) is 10.5. The third-order valence-corrected chi connectivity index (χ3v) is 4.89. The van der Waals surface area contributed by atoms with E-state index >= 15 is 0 Å². The van der Waals surface area contributed by atoms with Gasteiger partial charge < -0.3 is 5.32 Å². The van der Waals surface area contributed by atoms with Gasteiger partial charge in [-0.15, -0.1) is 11.3 Å². The van der Waals surface area contributed by atoms with Crippen molar-refractivity contribution < 1.29 is 14.1 Å². The molecule has 2 aromatic carbocycles. The van der Waals surface area contributed by atoms with Gasteiger partial charge in [0, 0.05) is 41.1 Å². The lowest BCUT2D eigenvalue weighted by Crippen LogP contribution is -2.25. The molecule has 6 nitrogen and oxygen atoms in total. The first-order chi connectivity index (χ1) is 12.9. The number of nitrogens with zero attached hydrogens (tertiary/aromatic N) is 2. The van der Waals surface area contributed by atoms with E-state index < -0.39 is 4.92 Å². The van der Waals surface area contributed by atoms with Gasteiger partial charge in [-0.2, -0.15) is 0 Å². The number of thiazole rings is 1. The maximum Gasteiger partial charge on any atom is 0.272 e. The number of benzene rings is 2. The molecule has 0 saturated heterocycles. The standard InChI is InChI=1S/C19H16FN3O3S/c1-12-9-13(5-6-17(12)23(25)26)18(24)21-8-7-16-11-27-19(22-16)14-3-2-4-15(20)10-14/h2-6,9-11H,7-8H2,1H3,(H,21,24). The number of aryl methyl sites for hydroxylation is 1. The molecular formula is C19H16FN3O3S. The van der Waals surface area contributed by atoms with Crippen molar-refractivity contribution in [1.82, 2.24) is 10.3 Å². The Balaban J connectivity index is 1.58. The molecule has 3 rings (SSSR count). The number of nitro benzene ring substituents is 1. The number of hydrogen-bond acceptors (Lipinski definition) is 5. The van der Waals surface area contributed by atoms with Gasteiger partial charge in [-0.1, -0.05) is 12.1 Å². The van der Waals surface area contributed by atoms with Crippen LogP contribution in [0.15, 0.2) is 47.8 Å². The van der Waals surface area contributed by atoms with E-state index in [9.17, 15) is 19.3 Å². The highest BCUT2D eigenvalue weighted by molar-refractivity contribution is 7.13. The minimum atomic E-state index is -0.477. The SMILES string of the molecule is Cc1cc(C(=O)NCCc2csc(-c3cccc(F)c3)n2)ccc1[N+](=O)[O-]. The maximum absolute atomic E-state index is 13.3. The molecule has 0 bridgehead atoms. The third-order valence-electron chi connectivity index (χ3n) is 3.95. The fourth-order valence-corrected chi connectivity index (χ4v) is 3.43. The Bertz CT molecular complexity index is 1000. The van der Waals surface area contributed by atoms with Gasteiger partial charge in [-0.05, 0) is 31.2 Å². The van der Waals surface area contributed by atoms with Crippen molar-refractivity contribution in [3.63, 3.8) is 0 Å². The van der Waals surface area contributed by atoms with E-state index in [2.05, 4.69) is 10.3 Å². The molecule has 0 aliphatic rings. The number of carbonyl (C=O) groups is 1. The predicted octanol–water partition coefficient (Wildman–Crippen LogP) is 4.14. The van der Waals surface area contributed by atoms with Gasteiger partial charge in [0.15, 0.2) is 0 Å². The molecular weight excluding hydrogens is 369 g/mol. The van der Waals surface area contributed by atoms with Crippen LogP contribution in [0.25, 0.3) is 10.6 Å². The molecule has 0 aliphatic carbocycles. The molecule has 0 radical (unpaired) electrons. The van der Waals surface area contributed by atoms with Gasteiger partial charge in [0.05, 0.1) is 10.6 Å². The van der Waals surface area contributed by atoms with E-state index in [-0.39, 0.29) is 17.4 Å². The number of hydrogen-bond donors (Lipinski definition) is 1. The van der Waals surface area contributed by atoms with Crippen molar-refractivity contribution in [2.24, 2.45) is 0 Å². The van der Waals surface area contributed by atoms with Crippen molar-refractivity contribution in [3.8, 4) is 10.6 Å². The lowest BCUT2D eigenvalue weighted by Gasteiger charge is -2.05. The molecule has 1 heterocycles. The monoisotopic (exact) mass is 385 g/mol. The van der Waals surface area contributed by atoms with E-state index in [1.165, 1.54) is 41.7 Å². The Morgan fingerprint density at radius 2 is 2.11 bits per heavy atom. The Morgan fingerprint density at radius 3 is 2.81 bits per heavy atom. The lowest BCUT2D eigenvalue weighted by molar-refractivity contribution is -0.385. The van der Waals surface area contributed by atoms with Crippen LogP contribution >= 0.6 is 11.3 Å². The second kappa shape index (κ2) is 8.05. The zero-order valence-corrected chi connectivity index (χ0v) is 15.3. The van der Waals surface area contributed by atoms with E-state index in [0.717, 1.165) is 16.3 Å². The minimum absolute atomic E-state index is 0.0149. The molecule has 27 heavy (non-hydrogen) atoms. The minimum Gasteiger partial charge on any atom is -0.352 e. The molecule has 0 atom stereocenters. The summed E-state index contributed by atoms with van der Waals surface area (Å²) in [5, 5.41) is 16.2. The Kier molecular flexibility index (Phi) is 5.56. The van der Waals surface area contributed by atoms with Gasteiger partial charge >= 0.3 is 0 Å². The summed E-state index contributed by atoms with van der Waals surface area (Å²) in [4.78, 5) is 27.0. The van der Waals surface area contributed by atoms with Crippen molar-refractivity contribution in [1.29, 1.82) is 0 Å². The fraction of sp³-hybridized carbons (Fsp3) is 0.158. The van der Waals surface area contributed by atoms with Gasteiger partial charge in [0.25, 0.3) is 11.6 Å². The number of amides is 1. The highest BCUT2D eigenvalue weighted by Gasteiger charge is 2.13. The van der Waals surface area contributed by atoms with Crippen LogP contribution in [0.5, 0.6) is 0 Å². The highest BCUT2D eigenvalue weighted by Crippen LogP contribution is 2.24. The Morgan fingerprint density at radius 1 is 1.30 bits per heavy atom. The number of nitro groups is 1. The molecule has 138 valence electrons. The largest absolute Gasteiger partial charge is 0.352 e. The van der Waals surface area contributed by atoms with Crippen molar-refractivity contribution in [3.05, 3.63) is 80.6 Å². The van der Waals surface area contributed by atoms with E-state index in [4.69, 9.17) is 0 Å². The van der Waals surface area contributed by atoms with Crippen LogP contribution in [-0.2, 0) is 6.42 Å². The van der Waals surface area contributed by atoms with Crippen LogP contribution < -0.4 is 5.32 Å². The van der Waals surface area contributed by atoms with Crippen LogP contribution in [-0.4, -0.2) is 22.4 Å². The van der Waals surface area contributed by atoms with Crippen LogP contribution in [0.2, 0.25) is 0 Å². The number of halogens is 1. The normalized spacial score (nSPS) is 10.6. The molecule has 8 heteroatoms. The summed E-state index contributed by atoms with van der Waals surface area (Å²) >= 11 is 1.42. The van der Waals surface area contributed by atoms with E-state index in [1.807, 2.05) is 5.38 Å². The fourth-order valence-electron chi connectivity index (χ4n) is 2.58. The summed E-state index contributed by atoms with van der Waals surface area (Å²) < 4.78 is 13.3. The molecule has 1 N–H and O–H groups in total. The molecule has 3 aromatic rings. The molecule has 0 aliphatic heterocycles. The Labute approximate surface area is 158 Å². The highest BCUT2D eigenvalue weighted by atomic mass is 32.1. The first-order valence-corrected chi connectivity index (χ1v) is 9.05. The predicted molar refractivity (Wildman–Crippen MR) is 101 cm³/mol. The summed E-state index contributed by atoms with van der Waals surface area (Å²) in [5.74, 6) is -0.608. The number of aromatic nitrogens is 1. The number of rotatable bonds is 6. The molecule has 1 aromatic heterocycles. The van der Waals surface area contributed by atoms with Gasteiger partial charge in [-0.3, -0.25) is 14.9 Å². The molecule has 0 unspecified atom stereocenters. The summed E-state index contributed by atoms with van der Waals surface area (Å²) in [7, 11) is 0. The molecule has 0 spiro atoms. The maximum atomic E-state index is 13.3. The first-order valence-electron chi connectivity index (χ1n) is 8.17. The van der Waals surface area contributed by atoms with Crippen LogP contribution in [0.3, 0.4) is 0 Å². The van der Waals surface area contributed by atoms with Gasteiger partial charge in [0.2, 0.25) is 0 Å². The Hall–Kier alpha value is -3.13. The van der Waals surface area contributed by atoms with Crippen molar-refractivity contribution in [2.75, 3.05) is 6.54 Å².